The molecule has 1 N–H and O–H groups in total. The van der Waals surface area contributed by atoms with Gasteiger partial charge < -0.3 is 5.32 Å². The Kier molecular flexibility index (Phi) is 5.24. The first-order chi connectivity index (χ1) is 11.5. The molecule has 2 aromatic rings. The van der Waals surface area contributed by atoms with Crippen molar-refractivity contribution in [1.82, 2.24) is 4.31 Å². The lowest BCUT2D eigenvalue weighted by molar-refractivity contribution is -0.120. The molecule has 1 aliphatic rings. The Bertz CT molecular complexity index is 804. The molecular weight excluding hydrogens is 368 g/mol. The molecule has 1 aromatic heterocycles. The zero-order valence-electron chi connectivity index (χ0n) is 12.8. The number of hydrogen-bond acceptors (Lipinski definition) is 4. The third-order valence-corrected chi connectivity index (χ3v) is 7.46. The number of nitrogens with one attached hydrogen (secondary N) is 1. The summed E-state index contributed by atoms with van der Waals surface area (Å²) in [4.78, 5) is 12.6. The van der Waals surface area contributed by atoms with Gasteiger partial charge in [-0.3, -0.25) is 4.79 Å². The molecule has 24 heavy (non-hydrogen) atoms. The molecule has 0 saturated carbocycles. The van der Waals surface area contributed by atoms with Gasteiger partial charge in [-0.1, -0.05) is 24.1 Å². The summed E-state index contributed by atoms with van der Waals surface area (Å²) in [5.74, 6) is -0.308. The average Bonchev–Trinajstić information content (AvgIpc) is 3.12. The highest BCUT2D eigenvalue weighted by Crippen LogP contribution is 2.28. The first kappa shape index (κ1) is 17.4. The second-order valence-electron chi connectivity index (χ2n) is 5.56. The highest BCUT2D eigenvalue weighted by Gasteiger charge is 2.38. The number of benzene rings is 1. The number of hydrogen-bond donors (Lipinski definition) is 1. The van der Waals surface area contributed by atoms with Crippen LogP contribution in [0.1, 0.15) is 19.3 Å². The van der Waals surface area contributed by atoms with E-state index in [2.05, 4.69) is 5.32 Å². The van der Waals surface area contributed by atoms with E-state index >= 15 is 0 Å². The largest absolute Gasteiger partial charge is 0.325 e. The van der Waals surface area contributed by atoms with E-state index in [1.807, 2.05) is 0 Å². The lowest BCUT2D eigenvalue weighted by Gasteiger charge is -2.33. The van der Waals surface area contributed by atoms with E-state index in [-0.39, 0.29) is 10.1 Å². The Morgan fingerprint density at radius 1 is 1.21 bits per heavy atom. The number of anilines is 1. The molecule has 0 aliphatic carbocycles. The molecule has 128 valence electrons. The van der Waals surface area contributed by atoms with Crippen molar-refractivity contribution in [2.24, 2.45) is 0 Å². The van der Waals surface area contributed by atoms with Gasteiger partial charge in [0.15, 0.2) is 0 Å². The van der Waals surface area contributed by atoms with E-state index in [9.17, 15) is 13.2 Å². The number of rotatable bonds is 4. The summed E-state index contributed by atoms with van der Waals surface area (Å²) in [6.07, 6.45) is 2.11. The molecule has 3 rings (SSSR count). The molecule has 8 heteroatoms. The van der Waals surface area contributed by atoms with Gasteiger partial charge in [-0.2, -0.15) is 4.31 Å². The van der Waals surface area contributed by atoms with Crippen LogP contribution < -0.4 is 5.32 Å². The highest BCUT2D eigenvalue weighted by atomic mass is 35.5. The van der Waals surface area contributed by atoms with Crippen LogP contribution in [-0.2, 0) is 14.8 Å². The summed E-state index contributed by atoms with van der Waals surface area (Å²) in [7, 11) is -3.64. The first-order valence-corrected chi connectivity index (χ1v) is 10.3. The lowest BCUT2D eigenvalue weighted by Crippen LogP contribution is -2.49. The standard InChI is InChI=1S/C16H17ClN2O3S2/c17-12-6-8-13(9-7-12)18-16(20)14-4-1-2-10-19(14)24(21,22)15-5-3-11-23-15/h3,5-9,11,14H,1-2,4,10H2,(H,18,20)/t14-/m1/s1. The second-order valence-corrected chi connectivity index (χ2v) is 9.06. The van der Waals surface area contributed by atoms with Crippen molar-refractivity contribution in [2.45, 2.75) is 29.5 Å². The SMILES string of the molecule is O=C(Nc1ccc(Cl)cc1)[C@H]1CCCCN1S(=O)(=O)c1cccs1. The molecule has 0 bridgehead atoms. The summed E-state index contributed by atoms with van der Waals surface area (Å²) in [6.45, 7) is 0.360. The molecule has 1 atom stereocenters. The third kappa shape index (κ3) is 3.64. The number of nitrogens with zero attached hydrogens (tertiary/aromatic N) is 1. The van der Waals surface area contributed by atoms with Crippen molar-refractivity contribution < 1.29 is 13.2 Å². The Labute approximate surface area is 150 Å². The van der Waals surface area contributed by atoms with E-state index in [1.165, 1.54) is 15.6 Å². The minimum absolute atomic E-state index is 0.272. The molecule has 0 unspecified atom stereocenters. The van der Waals surface area contributed by atoms with Gasteiger partial charge in [0.05, 0.1) is 0 Å². The van der Waals surface area contributed by atoms with Crippen LogP contribution in [0.4, 0.5) is 5.69 Å². The highest BCUT2D eigenvalue weighted by molar-refractivity contribution is 7.91. The van der Waals surface area contributed by atoms with E-state index in [4.69, 9.17) is 11.6 Å². The Morgan fingerprint density at radius 3 is 2.62 bits per heavy atom. The van der Waals surface area contributed by atoms with Crippen LogP contribution in [0.15, 0.2) is 46.0 Å². The number of halogens is 1. The summed E-state index contributed by atoms with van der Waals surface area (Å²) < 4.78 is 27.2. The monoisotopic (exact) mass is 384 g/mol. The fourth-order valence-corrected chi connectivity index (χ4v) is 5.64. The minimum atomic E-state index is -3.64. The van der Waals surface area contributed by atoms with Crippen molar-refractivity contribution >= 4 is 44.6 Å². The Hall–Kier alpha value is -1.41. The van der Waals surface area contributed by atoms with Crippen LogP contribution in [0, 0.1) is 0 Å². The van der Waals surface area contributed by atoms with Crippen LogP contribution in [-0.4, -0.2) is 31.2 Å². The van der Waals surface area contributed by atoms with E-state index in [1.54, 1.807) is 41.8 Å². The maximum absolute atomic E-state index is 12.8. The van der Waals surface area contributed by atoms with Crippen molar-refractivity contribution in [3.63, 3.8) is 0 Å². The maximum atomic E-state index is 12.8. The zero-order chi connectivity index (χ0) is 17.2. The topological polar surface area (TPSA) is 66.5 Å². The molecule has 0 spiro atoms. The van der Waals surface area contributed by atoms with Crippen LogP contribution in [0.3, 0.4) is 0 Å². The van der Waals surface area contributed by atoms with E-state index in [0.717, 1.165) is 12.8 Å². The molecule has 1 aliphatic heterocycles. The molecular formula is C16H17ClN2O3S2. The quantitative estimate of drug-likeness (QED) is 0.876. The van der Waals surface area contributed by atoms with Crippen molar-refractivity contribution in [2.75, 3.05) is 11.9 Å². The van der Waals surface area contributed by atoms with Crippen LogP contribution in [0.25, 0.3) is 0 Å². The van der Waals surface area contributed by atoms with Crippen LogP contribution in [0.5, 0.6) is 0 Å². The summed E-state index contributed by atoms with van der Waals surface area (Å²) in [6, 6.07) is 9.33. The fraction of sp³-hybridized carbons (Fsp3) is 0.312. The lowest BCUT2D eigenvalue weighted by atomic mass is 10.0. The molecule has 1 fully saturated rings. The summed E-state index contributed by atoms with van der Waals surface area (Å²) in [5.41, 5.74) is 0.600. The number of sulfonamides is 1. The van der Waals surface area contributed by atoms with Gasteiger partial charge in [0.25, 0.3) is 10.0 Å². The summed E-state index contributed by atoms with van der Waals surface area (Å²) in [5, 5.41) is 5.08. The van der Waals surface area contributed by atoms with Crippen LogP contribution >= 0.6 is 22.9 Å². The van der Waals surface area contributed by atoms with E-state index < -0.39 is 16.1 Å². The molecule has 0 radical (unpaired) electrons. The fourth-order valence-electron chi connectivity index (χ4n) is 2.74. The molecule has 5 nitrogen and oxygen atoms in total. The first-order valence-electron chi connectivity index (χ1n) is 7.60. The van der Waals surface area contributed by atoms with Crippen molar-refractivity contribution in [1.29, 1.82) is 0 Å². The van der Waals surface area contributed by atoms with Crippen molar-refractivity contribution in [3.05, 3.63) is 46.8 Å². The molecule has 1 amide bonds. The molecule has 1 saturated heterocycles. The van der Waals surface area contributed by atoms with Gasteiger partial charge in [-0.05, 0) is 48.6 Å². The van der Waals surface area contributed by atoms with E-state index in [0.29, 0.717) is 23.7 Å². The molecule has 2 heterocycles. The molecule has 1 aromatic carbocycles. The predicted molar refractivity (Wildman–Crippen MR) is 95.9 cm³/mol. The number of thiophene rings is 1. The predicted octanol–water partition coefficient (Wildman–Crippen LogP) is 3.58. The Morgan fingerprint density at radius 2 is 1.96 bits per heavy atom. The maximum Gasteiger partial charge on any atom is 0.253 e. The zero-order valence-corrected chi connectivity index (χ0v) is 15.2. The average molecular weight is 385 g/mol. The number of amides is 1. The van der Waals surface area contributed by atoms with Gasteiger partial charge in [0, 0.05) is 17.3 Å². The van der Waals surface area contributed by atoms with Gasteiger partial charge in [0.2, 0.25) is 5.91 Å². The van der Waals surface area contributed by atoms with Crippen LogP contribution in [0.2, 0.25) is 5.02 Å². The minimum Gasteiger partial charge on any atom is -0.325 e. The number of piperidine rings is 1. The van der Waals surface area contributed by atoms with Gasteiger partial charge in [-0.25, -0.2) is 8.42 Å². The van der Waals surface area contributed by atoms with Gasteiger partial charge >= 0.3 is 0 Å². The smallest absolute Gasteiger partial charge is 0.253 e. The summed E-state index contributed by atoms with van der Waals surface area (Å²) >= 11 is 7.00. The Balaban J connectivity index is 1.81. The van der Waals surface area contributed by atoms with Gasteiger partial charge in [0.1, 0.15) is 10.3 Å². The third-order valence-electron chi connectivity index (χ3n) is 3.93. The van der Waals surface area contributed by atoms with Gasteiger partial charge in [-0.15, -0.1) is 11.3 Å². The second kappa shape index (κ2) is 7.23. The number of carbonyl (C=O) groups is 1. The normalized spacial score (nSPS) is 19.1. The van der Waals surface area contributed by atoms with Crippen molar-refractivity contribution in [3.8, 4) is 0 Å². The number of carbonyl (C=O) groups excluding carboxylic acids is 1.